The molecule has 7 nitrogen and oxygen atoms in total. The molecule has 1 saturated heterocycles. The first kappa shape index (κ1) is 14.9. The monoisotopic (exact) mass is 306 g/mol. The van der Waals surface area contributed by atoms with Gasteiger partial charge in [-0.2, -0.15) is 13.2 Å². The molecule has 0 spiro atoms. The average molecular weight is 306 g/mol. The van der Waals surface area contributed by atoms with Crippen LogP contribution in [0.2, 0.25) is 0 Å². The molecule has 2 N–H and O–H groups in total. The molecule has 0 radical (unpaired) electrons. The first-order valence-corrected chi connectivity index (χ1v) is 5.65. The van der Waals surface area contributed by atoms with E-state index in [2.05, 4.69) is 4.98 Å². The van der Waals surface area contributed by atoms with E-state index in [1.807, 2.05) is 0 Å². The van der Waals surface area contributed by atoms with E-state index in [1.165, 1.54) is 6.92 Å². The molecule has 0 aromatic carbocycles. The molecule has 0 saturated carbocycles. The Morgan fingerprint density at radius 1 is 1.38 bits per heavy atom. The lowest BCUT2D eigenvalue weighted by Gasteiger charge is -2.17. The zero-order chi connectivity index (χ0) is 15.9. The lowest BCUT2D eigenvalue weighted by molar-refractivity contribution is -0.137. The minimum atomic E-state index is -4.75. The second-order valence-electron chi connectivity index (χ2n) is 4.38. The molecule has 1 aliphatic rings. The van der Waals surface area contributed by atoms with E-state index in [4.69, 9.17) is 9.84 Å². The Labute approximate surface area is 114 Å². The van der Waals surface area contributed by atoms with Gasteiger partial charge in [-0.05, 0) is 13.0 Å². The fraction of sp³-hybridized carbons (Fsp3) is 0.364. The highest BCUT2D eigenvalue weighted by Crippen LogP contribution is 2.34. The van der Waals surface area contributed by atoms with Crippen molar-refractivity contribution in [2.75, 3.05) is 0 Å². The third-order valence-corrected chi connectivity index (χ3v) is 2.97. The van der Waals surface area contributed by atoms with Gasteiger partial charge in [0.25, 0.3) is 0 Å². The number of imide groups is 1. The molecule has 2 amide bonds. The highest BCUT2D eigenvalue weighted by Gasteiger charge is 2.45. The summed E-state index contributed by atoms with van der Waals surface area (Å²) in [4.78, 5) is 36.0. The van der Waals surface area contributed by atoms with Crippen molar-refractivity contribution in [2.45, 2.75) is 25.2 Å². The van der Waals surface area contributed by atoms with Crippen LogP contribution in [0.25, 0.3) is 0 Å². The molecule has 21 heavy (non-hydrogen) atoms. The van der Waals surface area contributed by atoms with Gasteiger partial charge in [-0.3, -0.25) is 4.79 Å². The number of hydrogen-bond acceptors (Lipinski definition) is 4. The van der Waals surface area contributed by atoms with Crippen LogP contribution < -0.4 is 5.56 Å². The van der Waals surface area contributed by atoms with Crippen LogP contribution in [0.3, 0.4) is 0 Å². The van der Waals surface area contributed by atoms with Crippen LogP contribution in [-0.4, -0.2) is 33.2 Å². The van der Waals surface area contributed by atoms with Gasteiger partial charge in [-0.15, -0.1) is 0 Å². The number of rotatable bonds is 1. The summed E-state index contributed by atoms with van der Waals surface area (Å²) in [5, 5.41) is 8.83. The third-order valence-electron chi connectivity index (χ3n) is 2.97. The minimum Gasteiger partial charge on any atom is -0.465 e. The van der Waals surface area contributed by atoms with Gasteiger partial charge < -0.3 is 14.8 Å². The molecule has 2 atom stereocenters. The highest BCUT2D eigenvalue weighted by atomic mass is 19.4. The maximum atomic E-state index is 12.6. The Balaban J connectivity index is 2.44. The quantitative estimate of drug-likeness (QED) is 0.826. The van der Waals surface area contributed by atoms with E-state index in [9.17, 15) is 27.6 Å². The summed E-state index contributed by atoms with van der Waals surface area (Å²) in [5.41, 5.74) is -2.56. The number of ether oxygens (including phenoxy) is 1. The normalized spacial score (nSPS) is 22.3. The van der Waals surface area contributed by atoms with Gasteiger partial charge in [-0.1, -0.05) is 0 Å². The van der Waals surface area contributed by atoms with Crippen LogP contribution >= 0.6 is 0 Å². The first-order valence-electron chi connectivity index (χ1n) is 5.65. The number of carboxylic acid groups (broad SMARTS) is 1. The molecule has 1 aromatic heterocycles. The standard InChI is InChI=1S/C11H9F3N2O5/c1-4-8(21-10(20)16(4)9(18)19)6-2-5(11(12,13)14)3-7(17)15-6/h2-4,8H,1H3,(H,15,17)(H,18,19). The number of hydrogen-bond donors (Lipinski definition) is 2. The summed E-state index contributed by atoms with van der Waals surface area (Å²) >= 11 is 0. The smallest absolute Gasteiger partial charge is 0.420 e. The number of halogens is 3. The van der Waals surface area contributed by atoms with E-state index in [0.29, 0.717) is 17.0 Å². The molecule has 2 unspecified atom stereocenters. The van der Waals surface area contributed by atoms with E-state index >= 15 is 0 Å². The summed E-state index contributed by atoms with van der Waals surface area (Å²) in [7, 11) is 0. The number of pyridine rings is 1. The minimum absolute atomic E-state index is 0.320. The summed E-state index contributed by atoms with van der Waals surface area (Å²) in [6.45, 7) is 1.28. The van der Waals surface area contributed by atoms with Crippen molar-refractivity contribution in [3.05, 3.63) is 33.7 Å². The van der Waals surface area contributed by atoms with E-state index in [1.54, 1.807) is 0 Å². The molecule has 0 bridgehead atoms. The second-order valence-corrected chi connectivity index (χ2v) is 4.38. The number of H-pyrrole nitrogens is 1. The van der Waals surface area contributed by atoms with Crippen LogP contribution in [0.5, 0.6) is 0 Å². The predicted molar refractivity (Wildman–Crippen MR) is 60.6 cm³/mol. The number of cyclic esters (lactones) is 1. The van der Waals surface area contributed by atoms with Crippen LogP contribution in [0.15, 0.2) is 16.9 Å². The van der Waals surface area contributed by atoms with Gasteiger partial charge >= 0.3 is 18.4 Å². The first-order chi connectivity index (χ1) is 9.61. The second kappa shape index (κ2) is 4.79. The molecular weight excluding hydrogens is 297 g/mol. The summed E-state index contributed by atoms with van der Waals surface area (Å²) in [6, 6.07) is -0.102. The summed E-state index contributed by atoms with van der Waals surface area (Å²) < 4.78 is 42.7. The zero-order valence-electron chi connectivity index (χ0n) is 10.5. The SMILES string of the molecule is CC1C(c2cc(C(F)(F)F)cc(=O)[nH]2)OC(=O)N1C(=O)O. The van der Waals surface area contributed by atoms with Gasteiger partial charge in [0.1, 0.15) is 0 Å². The van der Waals surface area contributed by atoms with E-state index in [0.717, 1.165) is 0 Å². The van der Waals surface area contributed by atoms with Gasteiger partial charge in [-0.25, -0.2) is 14.5 Å². The maximum Gasteiger partial charge on any atom is 0.420 e. The topological polar surface area (TPSA) is 99.7 Å². The van der Waals surface area contributed by atoms with Gasteiger partial charge in [0.2, 0.25) is 5.56 Å². The van der Waals surface area contributed by atoms with Crippen molar-refractivity contribution in [1.82, 2.24) is 9.88 Å². The van der Waals surface area contributed by atoms with E-state index in [-0.39, 0.29) is 5.69 Å². The average Bonchev–Trinajstić information content (AvgIpc) is 2.62. The highest BCUT2D eigenvalue weighted by molar-refractivity contribution is 5.88. The maximum absolute atomic E-state index is 12.6. The van der Waals surface area contributed by atoms with Gasteiger partial charge in [0.15, 0.2) is 6.10 Å². The number of aromatic nitrogens is 1. The lowest BCUT2D eigenvalue weighted by atomic mass is 10.1. The number of nitrogens with zero attached hydrogens (tertiary/aromatic N) is 1. The van der Waals surface area contributed by atoms with Crippen LogP contribution in [-0.2, 0) is 10.9 Å². The summed E-state index contributed by atoms with van der Waals surface area (Å²) in [6.07, 6.45) is -8.87. The van der Waals surface area contributed by atoms with Crippen molar-refractivity contribution in [2.24, 2.45) is 0 Å². The van der Waals surface area contributed by atoms with Crippen molar-refractivity contribution >= 4 is 12.2 Å². The van der Waals surface area contributed by atoms with Crippen LogP contribution in [0.4, 0.5) is 22.8 Å². The van der Waals surface area contributed by atoms with Crippen molar-refractivity contribution in [1.29, 1.82) is 0 Å². The zero-order valence-corrected chi connectivity index (χ0v) is 10.5. The molecule has 2 heterocycles. The Morgan fingerprint density at radius 3 is 2.48 bits per heavy atom. The predicted octanol–water partition coefficient (Wildman–Crippen LogP) is 1.95. The van der Waals surface area contributed by atoms with E-state index < -0.39 is 41.6 Å². The number of carbonyl (C=O) groups is 2. The molecular formula is C11H9F3N2O5. The van der Waals surface area contributed by atoms with Gasteiger partial charge in [0, 0.05) is 6.07 Å². The van der Waals surface area contributed by atoms with Crippen molar-refractivity contribution < 1.29 is 32.6 Å². The summed E-state index contributed by atoms with van der Waals surface area (Å²) in [5.74, 6) is 0. The van der Waals surface area contributed by atoms with Crippen LogP contribution in [0, 0.1) is 0 Å². The van der Waals surface area contributed by atoms with Crippen LogP contribution in [0.1, 0.15) is 24.3 Å². The number of amides is 2. The number of aromatic amines is 1. The van der Waals surface area contributed by atoms with Crippen molar-refractivity contribution in [3.63, 3.8) is 0 Å². The Bertz CT molecular complexity index is 654. The number of carbonyl (C=O) groups excluding carboxylic acids is 1. The Kier molecular flexibility index (Phi) is 3.39. The van der Waals surface area contributed by atoms with Gasteiger partial charge in [0.05, 0.1) is 17.3 Å². The lowest BCUT2D eigenvalue weighted by Crippen LogP contribution is -2.36. The largest absolute Gasteiger partial charge is 0.465 e. The number of alkyl halides is 3. The Morgan fingerprint density at radius 2 is 2.00 bits per heavy atom. The third kappa shape index (κ3) is 2.69. The molecule has 2 rings (SSSR count). The fourth-order valence-electron chi connectivity index (χ4n) is 2.02. The number of nitrogens with one attached hydrogen (secondary N) is 1. The molecule has 114 valence electrons. The molecule has 0 aliphatic carbocycles. The fourth-order valence-corrected chi connectivity index (χ4v) is 2.02. The van der Waals surface area contributed by atoms with Crippen molar-refractivity contribution in [3.8, 4) is 0 Å². The molecule has 1 aromatic rings. The Hall–Kier alpha value is -2.52. The molecule has 1 fully saturated rings. The molecule has 10 heteroatoms. The molecule has 1 aliphatic heterocycles.